The third-order valence-corrected chi connectivity index (χ3v) is 5.67. The molecular weight excluding hydrogens is 356 g/mol. The zero-order valence-electron chi connectivity index (χ0n) is 16.9. The molecule has 1 aromatic rings. The van der Waals surface area contributed by atoms with Crippen LogP contribution in [0.4, 0.5) is 0 Å². The summed E-state index contributed by atoms with van der Waals surface area (Å²) in [5, 5.41) is 0. The Balaban J connectivity index is 1.39. The van der Waals surface area contributed by atoms with Crippen LogP contribution in [0.1, 0.15) is 41.0 Å². The third kappa shape index (κ3) is 4.42. The highest BCUT2D eigenvalue weighted by molar-refractivity contribution is 6.21. The number of piperazine rings is 1. The Labute approximate surface area is 166 Å². The standard InChI is InChI=1S/C21H30N4O3/c1-3-24(4-2)19(26)16-23-14-12-22(13-15-23)10-7-11-25-20(27)17-8-5-6-9-18(17)21(25)28/h5-6,8-9H,3-4,7,10-16H2,1-2H3. The van der Waals surface area contributed by atoms with E-state index >= 15 is 0 Å². The zero-order valence-corrected chi connectivity index (χ0v) is 16.9. The van der Waals surface area contributed by atoms with Crippen LogP contribution < -0.4 is 0 Å². The van der Waals surface area contributed by atoms with Gasteiger partial charge in [0, 0.05) is 45.8 Å². The van der Waals surface area contributed by atoms with Gasteiger partial charge in [-0.2, -0.15) is 0 Å². The molecule has 2 aliphatic rings. The average molecular weight is 386 g/mol. The lowest BCUT2D eigenvalue weighted by atomic mass is 10.1. The molecule has 2 heterocycles. The van der Waals surface area contributed by atoms with E-state index in [0.29, 0.717) is 24.2 Å². The number of benzene rings is 1. The first-order chi connectivity index (χ1) is 13.5. The highest BCUT2D eigenvalue weighted by Gasteiger charge is 2.34. The molecule has 3 rings (SSSR count). The number of amides is 3. The molecule has 152 valence electrons. The monoisotopic (exact) mass is 386 g/mol. The van der Waals surface area contributed by atoms with E-state index in [9.17, 15) is 14.4 Å². The molecule has 0 radical (unpaired) electrons. The van der Waals surface area contributed by atoms with Gasteiger partial charge < -0.3 is 9.80 Å². The van der Waals surface area contributed by atoms with Crippen LogP contribution in [0.15, 0.2) is 24.3 Å². The van der Waals surface area contributed by atoms with Crippen LogP contribution in [0.2, 0.25) is 0 Å². The molecule has 0 bridgehead atoms. The minimum absolute atomic E-state index is 0.180. The molecule has 0 atom stereocenters. The first-order valence-electron chi connectivity index (χ1n) is 10.2. The van der Waals surface area contributed by atoms with Gasteiger partial charge in [0.15, 0.2) is 0 Å². The van der Waals surface area contributed by atoms with E-state index in [1.54, 1.807) is 24.3 Å². The number of hydrogen-bond acceptors (Lipinski definition) is 5. The van der Waals surface area contributed by atoms with Gasteiger partial charge in [0.2, 0.25) is 5.91 Å². The summed E-state index contributed by atoms with van der Waals surface area (Å²) in [5.74, 6) is -0.162. The molecule has 0 spiro atoms. The van der Waals surface area contributed by atoms with E-state index in [0.717, 1.165) is 52.2 Å². The third-order valence-electron chi connectivity index (χ3n) is 5.67. The molecule has 1 saturated heterocycles. The van der Waals surface area contributed by atoms with Gasteiger partial charge in [-0.15, -0.1) is 0 Å². The summed E-state index contributed by atoms with van der Waals surface area (Å²) in [5.41, 5.74) is 1.03. The van der Waals surface area contributed by atoms with Crippen molar-refractivity contribution in [3.8, 4) is 0 Å². The van der Waals surface area contributed by atoms with Crippen molar-refractivity contribution in [2.75, 3.05) is 58.9 Å². The minimum atomic E-state index is -0.180. The molecule has 0 aromatic heterocycles. The van der Waals surface area contributed by atoms with Gasteiger partial charge in [0.1, 0.15) is 0 Å². The number of imide groups is 1. The van der Waals surface area contributed by atoms with E-state index in [-0.39, 0.29) is 17.7 Å². The lowest BCUT2D eigenvalue weighted by Gasteiger charge is -2.35. The van der Waals surface area contributed by atoms with E-state index in [2.05, 4.69) is 9.80 Å². The second kappa shape index (κ2) is 9.30. The summed E-state index contributed by atoms with van der Waals surface area (Å²) in [6.45, 7) is 10.9. The van der Waals surface area contributed by atoms with Gasteiger partial charge in [-0.1, -0.05) is 12.1 Å². The Morgan fingerprint density at radius 3 is 1.96 bits per heavy atom. The summed E-state index contributed by atoms with van der Waals surface area (Å²) >= 11 is 0. The van der Waals surface area contributed by atoms with Crippen molar-refractivity contribution in [2.24, 2.45) is 0 Å². The fraction of sp³-hybridized carbons (Fsp3) is 0.571. The quantitative estimate of drug-likeness (QED) is 0.628. The first-order valence-corrected chi connectivity index (χ1v) is 10.2. The number of carbonyl (C=O) groups is 3. The number of likely N-dealkylation sites (N-methyl/N-ethyl adjacent to an activating group) is 1. The number of fused-ring (bicyclic) bond motifs is 1. The van der Waals surface area contributed by atoms with Crippen molar-refractivity contribution in [2.45, 2.75) is 20.3 Å². The Hall–Kier alpha value is -2.25. The molecule has 28 heavy (non-hydrogen) atoms. The predicted octanol–water partition coefficient (Wildman–Crippen LogP) is 1.16. The number of rotatable bonds is 8. The van der Waals surface area contributed by atoms with E-state index in [1.807, 2.05) is 18.7 Å². The molecule has 1 fully saturated rings. The molecule has 0 unspecified atom stereocenters. The lowest BCUT2D eigenvalue weighted by Crippen LogP contribution is -2.50. The summed E-state index contributed by atoms with van der Waals surface area (Å²) in [7, 11) is 0. The maximum atomic E-state index is 12.4. The van der Waals surface area contributed by atoms with Crippen molar-refractivity contribution >= 4 is 17.7 Å². The highest BCUT2D eigenvalue weighted by atomic mass is 16.2. The van der Waals surface area contributed by atoms with Gasteiger partial charge in [0.05, 0.1) is 17.7 Å². The molecule has 0 aliphatic carbocycles. The van der Waals surface area contributed by atoms with Crippen LogP contribution in [0.3, 0.4) is 0 Å². The molecule has 0 saturated carbocycles. The Morgan fingerprint density at radius 2 is 1.43 bits per heavy atom. The summed E-state index contributed by atoms with van der Waals surface area (Å²) in [6.07, 6.45) is 0.768. The molecule has 1 aromatic carbocycles. The highest BCUT2D eigenvalue weighted by Crippen LogP contribution is 2.22. The SMILES string of the molecule is CCN(CC)C(=O)CN1CCN(CCCN2C(=O)c3ccccc3C2=O)CC1. The van der Waals surface area contributed by atoms with E-state index < -0.39 is 0 Å². The Morgan fingerprint density at radius 1 is 0.893 bits per heavy atom. The van der Waals surface area contributed by atoms with Crippen LogP contribution in [0, 0.1) is 0 Å². The number of hydrogen-bond donors (Lipinski definition) is 0. The largest absolute Gasteiger partial charge is 0.342 e. The van der Waals surface area contributed by atoms with Gasteiger partial charge in [0.25, 0.3) is 11.8 Å². The number of nitrogens with zero attached hydrogens (tertiary/aromatic N) is 4. The smallest absolute Gasteiger partial charge is 0.261 e. The summed E-state index contributed by atoms with van der Waals surface area (Å²) in [4.78, 5) is 44.8. The van der Waals surface area contributed by atoms with Crippen LogP contribution >= 0.6 is 0 Å². The molecule has 7 nitrogen and oxygen atoms in total. The van der Waals surface area contributed by atoms with Crippen LogP contribution in [-0.4, -0.2) is 96.2 Å². The second-order valence-electron chi connectivity index (χ2n) is 7.34. The molecule has 2 aliphatic heterocycles. The van der Waals surface area contributed by atoms with Crippen molar-refractivity contribution in [3.63, 3.8) is 0 Å². The molecule has 7 heteroatoms. The van der Waals surface area contributed by atoms with Crippen molar-refractivity contribution in [1.82, 2.24) is 19.6 Å². The van der Waals surface area contributed by atoms with E-state index in [4.69, 9.17) is 0 Å². The van der Waals surface area contributed by atoms with Crippen LogP contribution in [0.25, 0.3) is 0 Å². The molecule has 3 amide bonds. The number of carbonyl (C=O) groups excluding carboxylic acids is 3. The van der Waals surface area contributed by atoms with Crippen molar-refractivity contribution < 1.29 is 14.4 Å². The summed E-state index contributed by atoms with van der Waals surface area (Å²) in [6, 6.07) is 7.01. The van der Waals surface area contributed by atoms with Crippen molar-refractivity contribution in [3.05, 3.63) is 35.4 Å². The second-order valence-corrected chi connectivity index (χ2v) is 7.34. The van der Waals surface area contributed by atoms with Gasteiger partial charge in [-0.25, -0.2) is 0 Å². The topological polar surface area (TPSA) is 64.2 Å². The van der Waals surface area contributed by atoms with Gasteiger partial charge >= 0.3 is 0 Å². The lowest BCUT2D eigenvalue weighted by molar-refractivity contribution is -0.132. The molecule has 0 N–H and O–H groups in total. The van der Waals surface area contributed by atoms with Crippen molar-refractivity contribution in [1.29, 1.82) is 0 Å². The van der Waals surface area contributed by atoms with Crippen LogP contribution in [-0.2, 0) is 4.79 Å². The van der Waals surface area contributed by atoms with Crippen LogP contribution in [0.5, 0.6) is 0 Å². The van der Waals surface area contributed by atoms with Gasteiger partial charge in [-0.05, 0) is 38.9 Å². The fourth-order valence-corrected chi connectivity index (χ4v) is 3.93. The zero-order chi connectivity index (χ0) is 20.1. The van der Waals surface area contributed by atoms with Gasteiger partial charge in [-0.3, -0.25) is 24.2 Å². The fourth-order valence-electron chi connectivity index (χ4n) is 3.93. The predicted molar refractivity (Wildman–Crippen MR) is 107 cm³/mol. The van der Waals surface area contributed by atoms with E-state index in [1.165, 1.54) is 4.90 Å². The molecular formula is C21H30N4O3. The first kappa shape index (κ1) is 20.5. The Kier molecular flexibility index (Phi) is 6.80. The minimum Gasteiger partial charge on any atom is -0.342 e. The normalized spacial score (nSPS) is 17.9. The average Bonchev–Trinajstić information content (AvgIpc) is 2.95. The maximum Gasteiger partial charge on any atom is 0.261 e. The summed E-state index contributed by atoms with van der Waals surface area (Å²) < 4.78 is 0. The maximum absolute atomic E-state index is 12.4. The Bertz CT molecular complexity index is 689.